The molecular weight excluding hydrogens is 731 g/mol. The quantitative estimate of drug-likeness (QED) is 0.152. The van der Waals surface area contributed by atoms with Gasteiger partial charge in [0.1, 0.15) is 0 Å². The van der Waals surface area contributed by atoms with Crippen LogP contribution in [-0.2, 0) is 5.41 Å². The number of rotatable bonds is 6. The highest BCUT2D eigenvalue weighted by molar-refractivity contribution is 7.25. The van der Waals surface area contributed by atoms with E-state index < -0.39 is 5.41 Å². The molecule has 1 heterocycles. The van der Waals surface area contributed by atoms with Gasteiger partial charge in [-0.05, 0) is 127 Å². The van der Waals surface area contributed by atoms with Gasteiger partial charge in [-0.1, -0.05) is 164 Å². The van der Waals surface area contributed by atoms with E-state index in [2.05, 4.69) is 229 Å². The molecule has 1 nitrogen and oxygen atoms in total. The van der Waals surface area contributed by atoms with Crippen LogP contribution in [0, 0.1) is 0 Å². The number of thiophene rings is 1. The van der Waals surface area contributed by atoms with Gasteiger partial charge < -0.3 is 4.90 Å². The van der Waals surface area contributed by atoms with Crippen molar-refractivity contribution in [3.05, 3.63) is 247 Å². The Labute approximate surface area is 347 Å². The van der Waals surface area contributed by atoms with Gasteiger partial charge in [0.25, 0.3) is 0 Å². The summed E-state index contributed by atoms with van der Waals surface area (Å²) in [6, 6.07) is 82.9. The van der Waals surface area contributed by atoms with Gasteiger partial charge in [-0.3, -0.25) is 0 Å². The van der Waals surface area contributed by atoms with Gasteiger partial charge in [0.05, 0.1) is 5.41 Å². The second kappa shape index (κ2) is 13.4. The molecule has 11 aromatic rings. The summed E-state index contributed by atoms with van der Waals surface area (Å²) in [5.74, 6) is 0. The first-order valence-electron chi connectivity index (χ1n) is 20.3. The van der Waals surface area contributed by atoms with Crippen molar-refractivity contribution in [1.29, 1.82) is 0 Å². The standard InChI is InChI=1S/C57H37NS/c1-3-13-42(14-4-1)57(53-20-10-7-17-48(53)49-18-8-11-21-54(49)57)43-28-32-46(33-29-43)58(44-15-5-2-6-16-44)45-30-25-38(26-31-45)39-27-34-47-40(35-39)23-24-41-36-52-50-19-9-12-22-55(50)59-56(52)37-51(41)47/h1-37H. The number of benzene rings is 10. The van der Waals surface area contributed by atoms with Gasteiger partial charge in [-0.2, -0.15) is 0 Å². The minimum absolute atomic E-state index is 0.427. The molecule has 0 N–H and O–H groups in total. The van der Waals surface area contributed by atoms with E-state index in [4.69, 9.17) is 0 Å². The number of nitrogens with zero attached hydrogens (tertiary/aromatic N) is 1. The predicted octanol–water partition coefficient (Wildman–Crippen LogP) is 15.9. The first-order chi connectivity index (χ1) is 29.2. The van der Waals surface area contributed by atoms with E-state index in [9.17, 15) is 0 Å². The Morgan fingerprint density at radius 1 is 0.322 bits per heavy atom. The highest BCUT2D eigenvalue weighted by Crippen LogP contribution is 2.56. The maximum Gasteiger partial charge on any atom is 0.0713 e. The molecule has 10 aromatic carbocycles. The molecule has 0 unspecified atom stereocenters. The van der Waals surface area contributed by atoms with Crippen molar-refractivity contribution >= 4 is 70.1 Å². The van der Waals surface area contributed by atoms with Crippen LogP contribution in [-0.4, -0.2) is 0 Å². The lowest BCUT2D eigenvalue weighted by molar-refractivity contribution is 0.768. The average Bonchev–Trinajstić information content (AvgIpc) is 3.83. The SMILES string of the molecule is c1ccc(N(c2ccc(-c3ccc4c(ccc5cc6c(cc54)sc4ccccc46)c3)cc2)c2ccc(C3(c4ccccc4)c4ccccc4-c4ccccc43)cc2)cc1. The Kier molecular flexibility index (Phi) is 7.69. The maximum absolute atomic E-state index is 2.39. The van der Waals surface area contributed by atoms with E-state index in [0.717, 1.165) is 17.1 Å². The second-order valence-electron chi connectivity index (χ2n) is 15.6. The predicted molar refractivity (Wildman–Crippen MR) is 252 cm³/mol. The summed E-state index contributed by atoms with van der Waals surface area (Å²) in [6.45, 7) is 0. The monoisotopic (exact) mass is 767 g/mol. The molecule has 1 aromatic heterocycles. The highest BCUT2D eigenvalue weighted by Gasteiger charge is 2.45. The smallest absolute Gasteiger partial charge is 0.0713 e. The van der Waals surface area contributed by atoms with Gasteiger partial charge in [0.15, 0.2) is 0 Å². The number of fused-ring (bicyclic) bond motifs is 9. The first kappa shape index (κ1) is 33.8. The van der Waals surface area contributed by atoms with Crippen LogP contribution in [0.15, 0.2) is 224 Å². The minimum Gasteiger partial charge on any atom is -0.311 e. The van der Waals surface area contributed by atoms with E-state index >= 15 is 0 Å². The molecule has 0 saturated heterocycles. The number of hydrogen-bond acceptors (Lipinski definition) is 2. The van der Waals surface area contributed by atoms with Crippen LogP contribution in [0.4, 0.5) is 17.1 Å². The molecule has 0 amide bonds. The van der Waals surface area contributed by atoms with Crippen LogP contribution in [0.2, 0.25) is 0 Å². The van der Waals surface area contributed by atoms with Crippen molar-refractivity contribution in [2.75, 3.05) is 4.90 Å². The molecule has 0 radical (unpaired) electrons. The van der Waals surface area contributed by atoms with Gasteiger partial charge in [0, 0.05) is 37.2 Å². The summed E-state index contributed by atoms with van der Waals surface area (Å²) in [7, 11) is 0. The largest absolute Gasteiger partial charge is 0.311 e. The lowest BCUT2D eigenvalue weighted by Crippen LogP contribution is -2.28. The number of anilines is 3. The summed E-state index contributed by atoms with van der Waals surface area (Å²) in [5, 5.41) is 7.83. The molecule has 2 heteroatoms. The molecule has 59 heavy (non-hydrogen) atoms. The Morgan fingerprint density at radius 2 is 0.864 bits per heavy atom. The van der Waals surface area contributed by atoms with E-state index in [1.807, 2.05) is 11.3 Å². The molecule has 1 aliphatic carbocycles. The molecule has 0 saturated carbocycles. The van der Waals surface area contributed by atoms with Crippen molar-refractivity contribution in [3.8, 4) is 22.3 Å². The minimum atomic E-state index is -0.427. The van der Waals surface area contributed by atoms with Gasteiger partial charge in [-0.25, -0.2) is 0 Å². The van der Waals surface area contributed by atoms with Crippen molar-refractivity contribution in [2.45, 2.75) is 5.41 Å². The fourth-order valence-corrected chi connectivity index (χ4v) is 11.0. The summed E-state index contributed by atoms with van der Waals surface area (Å²) < 4.78 is 2.68. The van der Waals surface area contributed by atoms with Gasteiger partial charge in [-0.15, -0.1) is 11.3 Å². The zero-order chi connectivity index (χ0) is 38.9. The zero-order valence-electron chi connectivity index (χ0n) is 32.2. The first-order valence-corrected chi connectivity index (χ1v) is 21.1. The molecule has 0 fully saturated rings. The van der Waals surface area contributed by atoms with Crippen LogP contribution in [0.1, 0.15) is 22.3 Å². The third-order valence-electron chi connectivity index (χ3n) is 12.5. The molecule has 0 aliphatic heterocycles. The molecule has 276 valence electrons. The summed E-state index contributed by atoms with van der Waals surface area (Å²) in [4.78, 5) is 2.36. The summed E-state index contributed by atoms with van der Waals surface area (Å²) in [6.07, 6.45) is 0. The van der Waals surface area contributed by atoms with Crippen LogP contribution in [0.3, 0.4) is 0 Å². The summed E-state index contributed by atoms with van der Waals surface area (Å²) >= 11 is 1.88. The number of hydrogen-bond donors (Lipinski definition) is 0. The zero-order valence-corrected chi connectivity index (χ0v) is 33.0. The molecule has 0 atom stereocenters. The fraction of sp³-hybridized carbons (Fsp3) is 0.0175. The second-order valence-corrected chi connectivity index (χ2v) is 16.7. The van der Waals surface area contributed by atoms with Crippen molar-refractivity contribution in [3.63, 3.8) is 0 Å². The number of para-hydroxylation sites is 1. The molecule has 0 spiro atoms. The fourth-order valence-electron chi connectivity index (χ4n) is 9.86. The van der Waals surface area contributed by atoms with E-state index in [1.54, 1.807) is 0 Å². The lowest BCUT2D eigenvalue weighted by Gasteiger charge is -2.34. The summed E-state index contributed by atoms with van der Waals surface area (Å²) in [5.41, 5.74) is 13.1. The maximum atomic E-state index is 2.39. The van der Waals surface area contributed by atoms with Crippen molar-refractivity contribution in [1.82, 2.24) is 0 Å². The molecule has 1 aliphatic rings. The van der Waals surface area contributed by atoms with Gasteiger partial charge in [0.2, 0.25) is 0 Å². The van der Waals surface area contributed by atoms with Crippen LogP contribution in [0.5, 0.6) is 0 Å². The molecule has 12 rings (SSSR count). The highest BCUT2D eigenvalue weighted by atomic mass is 32.1. The molecule has 0 bridgehead atoms. The van der Waals surface area contributed by atoms with Crippen LogP contribution in [0.25, 0.3) is 64.0 Å². The molecular formula is C57H37NS. The van der Waals surface area contributed by atoms with E-state index in [-0.39, 0.29) is 0 Å². The third kappa shape index (κ3) is 5.24. The lowest BCUT2D eigenvalue weighted by atomic mass is 9.68. The van der Waals surface area contributed by atoms with Crippen molar-refractivity contribution in [2.24, 2.45) is 0 Å². The normalized spacial score (nSPS) is 12.9. The van der Waals surface area contributed by atoms with Crippen LogP contribution >= 0.6 is 11.3 Å². The van der Waals surface area contributed by atoms with Gasteiger partial charge >= 0.3 is 0 Å². The topological polar surface area (TPSA) is 3.24 Å². The average molecular weight is 768 g/mol. The van der Waals surface area contributed by atoms with Crippen LogP contribution < -0.4 is 4.90 Å². The Hall–Kier alpha value is -7.26. The third-order valence-corrected chi connectivity index (χ3v) is 13.7. The van der Waals surface area contributed by atoms with Crippen molar-refractivity contribution < 1.29 is 0 Å². The Balaban J connectivity index is 0.925. The Bertz CT molecular complexity index is 3320. The van der Waals surface area contributed by atoms with E-state index in [0.29, 0.717) is 0 Å². The Morgan fingerprint density at radius 3 is 1.58 bits per heavy atom. The van der Waals surface area contributed by atoms with E-state index in [1.165, 1.54) is 86.2 Å².